The molecule has 9 nitrogen and oxygen atoms in total. The average Bonchev–Trinajstić information content (AvgIpc) is 2.80. The zero-order chi connectivity index (χ0) is 22.9. The van der Waals surface area contributed by atoms with Crippen molar-refractivity contribution in [3.05, 3.63) is 75.8 Å². The highest BCUT2D eigenvalue weighted by molar-refractivity contribution is 5.86. The molecule has 32 heavy (non-hydrogen) atoms. The van der Waals surface area contributed by atoms with Gasteiger partial charge in [-0.25, -0.2) is 4.99 Å². The van der Waals surface area contributed by atoms with Gasteiger partial charge in [-0.05, 0) is 11.1 Å². The summed E-state index contributed by atoms with van der Waals surface area (Å²) in [6, 6.07) is 16.8. The van der Waals surface area contributed by atoms with E-state index >= 15 is 0 Å². The third-order valence-electron chi connectivity index (χ3n) is 5.38. The Balaban J connectivity index is 1.63. The number of likely N-dealkylation sites (N-methyl/N-ethyl adjacent to an activating group) is 1. The molecule has 1 saturated heterocycles. The summed E-state index contributed by atoms with van der Waals surface area (Å²) in [6.07, 6.45) is 0. The number of benzene rings is 2. The fourth-order valence-corrected chi connectivity index (χ4v) is 3.43. The molecule has 2 aromatic carbocycles. The second kappa shape index (κ2) is 11.2. The number of nitro benzene ring substituents is 1. The van der Waals surface area contributed by atoms with Gasteiger partial charge in [-0.15, -0.1) is 0 Å². The topological polar surface area (TPSA) is 94.3 Å². The molecule has 0 radical (unpaired) electrons. The zero-order valence-corrected chi connectivity index (χ0v) is 18.6. The van der Waals surface area contributed by atoms with E-state index < -0.39 is 4.92 Å². The Morgan fingerprint density at radius 1 is 1.03 bits per heavy atom. The summed E-state index contributed by atoms with van der Waals surface area (Å²) in [6.45, 7) is 4.85. The van der Waals surface area contributed by atoms with Crippen LogP contribution in [0, 0.1) is 10.1 Å². The molecule has 0 aliphatic carbocycles. The van der Waals surface area contributed by atoms with Crippen molar-refractivity contribution >= 4 is 17.6 Å². The molecule has 9 heteroatoms. The molecule has 1 aliphatic rings. The number of hydrogen-bond acceptors (Lipinski definition) is 5. The molecule has 0 bridgehead atoms. The Labute approximate surface area is 188 Å². The maximum atomic E-state index is 12.1. The minimum absolute atomic E-state index is 0.0317. The molecule has 1 amide bonds. The number of piperazine rings is 1. The maximum absolute atomic E-state index is 12.1. The molecule has 0 atom stereocenters. The Bertz CT molecular complexity index is 923. The minimum Gasteiger partial charge on any atom is -0.347 e. The Hall–Kier alpha value is -3.46. The molecular formula is C23H30N6O3. The van der Waals surface area contributed by atoms with Crippen LogP contribution in [0.1, 0.15) is 11.1 Å². The Kier molecular flexibility index (Phi) is 8.15. The Morgan fingerprint density at radius 2 is 1.69 bits per heavy atom. The molecule has 1 N–H and O–H groups in total. The summed E-state index contributed by atoms with van der Waals surface area (Å²) in [4.78, 5) is 33.3. The van der Waals surface area contributed by atoms with E-state index in [0.717, 1.165) is 38.3 Å². The van der Waals surface area contributed by atoms with Gasteiger partial charge in [0.05, 0.1) is 18.0 Å². The lowest BCUT2D eigenvalue weighted by Gasteiger charge is -2.36. The summed E-state index contributed by atoms with van der Waals surface area (Å²) in [7, 11) is 3.44. The van der Waals surface area contributed by atoms with E-state index in [4.69, 9.17) is 4.99 Å². The van der Waals surface area contributed by atoms with Crippen molar-refractivity contribution in [1.82, 2.24) is 20.0 Å². The SMILES string of the molecule is CN(C)C(=O)CNC(=NCc1ccc([N+](=O)[O-])cc1)N1CCN(Cc2ccccc2)CC1. The summed E-state index contributed by atoms with van der Waals surface area (Å²) >= 11 is 0. The molecule has 0 saturated carbocycles. The van der Waals surface area contributed by atoms with Crippen LogP contribution >= 0.6 is 0 Å². The first-order valence-electron chi connectivity index (χ1n) is 10.7. The zero-order valence-electron chi connectivity index (χ0n) is 18.6. The highest BCUT2D eigenvalue weighted by Gasteiger charge is 2.20. The van der Waals surface area contributed by atoms with Crippen LogP contribution in [0.5, 0.6) is 0 Å². The van der Waals surface area contributed by atoms with Crippen molar-refractivity contribution in [3.8, 4) is 0 Å². The number of hydrogen-bond donors (Lipinski definition) is 1. The van der Waals surface area contributed by atoms with E-state index in [1.54, 1.807) is 31.1 Å². The average molecular weight is 439 g/mol. The molecule has 2 aromatic rings. The summed E-state index contributed by atoms with van der Waals surface area (Å²) in [5, 5.41) is 14.0. The van der Waals surface area contributed by atoms with E-state index in [-0.39, 0.29) is 18.1 Å². The summed E-state index contributed by atoms with van der Waals surface area (Å²) < 4.78 is 0. The van der Waals surface area contributed by atoms with Crippen LogP contribution < -0.4 is 5.32 Å². The molecule has 0 unspecified atom stereocenters. The lowest BCUT2D eigenvalue weighted by molar-refractivity contribution is -0.384. The van der Waals surface area contributed by atoms with E-state index in [2.05, 4.69) is 39.4 Å². The number of carbonyl (C=O) groups excluding carboxylic acids is 1. The summed E-state index contributed by atoms with van der Waals surface area (Å²) in [5.41, 5.74) is 2.22. The fraction of sp³-hybridized carbons (Fsp3) is 0.391. The smallest absolute Gasteiger partial charge is 0.269 e. The second-order valence-corrected chi connectivity index (χ2v) is 7.95. The molecule has 0 aromatic heterocycles. The lowest BCUT2D eigenvalue weighted by Crippen LogP contribution is -2.53. The number of nitrogens with zero attached hydrogens (tertiary/aromatic N) is 5. The minimum atomic E-state index is -0.415. The van der Waals surface area contributed by atoms with Gasteiger partial charge in [0.1, 0.15) is 0 Å². The number of rotatable bonds is 7. The van der Waals surface area contributed by atoms with Gasteiger partial charge < -0.3 is 15.1 Å². The van der Waals surface area contributed by atoms with Crippen LogP contribution in [-0.4, -0.2) is 78.3 Å². The van der Waals surface area contributed by atoms with Crippen LogP contribution in [0.2, 0.25) is 0 Å². The fourth-order valence-electron chi connectivity index (χ4n) is 3.43. The first kappa shape index (κ1) is 23.2. The van der Waals surface area contributed by atoms with Crippen molar-refractivity contribution < 1.29 is 9.72 Å². The number of nitrogens with one attached hydrogen (secondary N) is 1. The number of non-ortho nitro benzene ring substituents is 1. The largest absolute Gasteiger partial charge is 0.347 e. The van der Waals surface area contributed by atoms with E-state index in [1.165, 1.54) is 17.7 Å². The monoisotopic (exact) mass is 438 g/mol. The first-order valence-corrected chi connectivity index (χ1v) is 10.7. The molecule has 170 valence electrons. The molecule has 1 heterocycles. The normalized spacial score (nSPS) is 14.8. The van der Waals surface area contributed by atoms with Gasteiger partial charge in [0.15, 0.2) is 5.96 Å². The van der Waals surface area contributed by atoms with Gasteiger partial charge in [0.25, 0.3) is 5.69 Å². The standard InChI is InChI=1S/C23H30N6O3/c1-26(2)22(30)17-25-23(24-16-19-8-10-21(11-9-19)29(31)32)28-14-12-27(13-15-28)18-20-6-4-3-5-7-20/h3-11H,12-18H2,1-2H3,(H,24,25). The van der Waals surface area contributed by atoms with Crippen molar-refractivity contribution in [2.75, 3.05) is 46.8 Å². The highest BCUT2D eigenvalue weighted by Crippen LogP contribution is 2.13. The second-order valence-electron chi connectivity index (χ2n) is 7.95. The number of nitro groups is 1. The molecule has 1 fully saturated rings. The Morgan fingerprint density at radius 3 is 2.28 bits per heavy atom. The molecule has 3 rings (SSSR count). The third-order valence-corrected chi connectivity index (χ3v) is 5.38. The van der Waals surface area contributed by atoms with Crippen molar-refractivity contribution in [1.29, 1.82) is 0 Å². The predicted molar refractivity (Wildman–Crippen MR) is 124 cm³/mol. The van der Waals surface area contributed by atoms with Gasteiger partial charge in [0.2, 0.25) is 5.91 Å². The van der Waals surface area contributed by atoms with Gasteiger partial charge in [-0.1, -0.05) is 42.5 Å². The quantitative estimate of drug-likeness (QED) is 0.307. The predicted octanol–water partition coefficient (Wildman–Crippen LogP) is 1.95. The van der Waals surface area contributed by atoms with Crippen molar-refractivity contribution in [2.45, 2.75) is 13.1 Å². The molecule has 0 spiro atoms. The van der Waals surface area contributed by atoms with E-state index in [9.17, 15) is 14.9 Å². The van der Waals surface area contributed by atoms with Crippen LogP contribution in [0.4, 0.5) is 5.69 Å². The van der Waals surface area contributed by atoms with Crippen molar-refractivity contribution in [2.24, 2.45) is 4.99 Å². The van der Waals surface area contributed by atoms with Crippen LogP contribution in [-0.2, 0) is 17.9 Å². The molecular weight excluding hydrogens is 408 g/mol. The van der Waals surface area contributed by atoms with Gasteiger partial charge in [0, 0.05) is 59.0 Å². The highest BCUT2D eigenvalue weighted by atomic mass is 16.6. The third kappa shape index (κ3) is 6.78. The van der Waals surface area contributed by atoms with Gasteiger partial charge in [-0.2, -0.15) is 0 Å². The lowest BCUT2D eigenvalue weighted by atomic mass is 10.2. The number of guanidine groups is 1. The van der Waals surface area contributed by atoms with E-state index in [0.29, 0.717) is 12.5 Å². The van der Waals surface area contributed by atoms with Crippen LogP contribution in [0.15, 0.2) is 59.6 Å². The van der Waals surface area contributed by atoms with Crippen LogP contribution in [0.3, 0.4) is 0 Å². The van der Waals surface area contributed by atoms with E-state index in [1.807, 2.05) is 6.07 Å². The number of amides is 1. The number of carbonyl (C=O) groups is 1. The maximum Gasteiger partial charge on any atom is 0.269 e. The van der Waals surface area contributed by atoms with Crippen molar-refractivity contribution in [3.63, 3.8) is 0 Å². The van der Waals surface area contributed by atoms with Gasteiger partial charge >= 0.3 is 0 Å². The molecule has 1 aliphatic heterocycles. The number of aliphatic imine (C=N–C) groups is 1. The summed E-state index contributed by atoms with van der Waals surface area (Å²) in [5.74, 6) is 0.647. The first-order chi connectivity index (χ1) is 15.4. The van der Waals surface area contributed by atoms with Gasteiger partial charge in [-0.3, -0.25) is 19.8 Å². The van der Waals surface area contributed by atoms with Crippen LogP contribution in [0.25, 0.3) is 0 Å².